The Bertz CT molecular complexity index is 1700. The molecule has 1 N–H and O–H groups in total. The summed E-state index contributed by atoms with van der Waals surface area (Å²) in [6.45, 7) is 2.06. The molecule has 0 saturated heterocycles. The molecule has 188 valence electrons. The van der Waals surface area contributed by atoms with Crippen molar-refractivity contribution in [2.45, 2.75) is 31.7 Å². The maximum absolute atomic E-state index is 12.3. The minimum atomic E-state index is -2.36. The lowest BCUT2D eigenvalue weighted by molar-refractivity contribution is 0.266. The molecule has 1 unspecified atom stereocenters. The van der Waals surface area contributed by atoms with Crippen molar-refractivity contribution < 1.29 is 4.21 Å². The predicted molar refractivity (Wildman–Crippen MR) is 145 cm³/mol. The number of hydrogen-bond donors (Lipinski definition) is 1. The summed E-state index contributed by atoms with van der Waals surface area (Å²) in [4.78, 5) is 16.1. The zero-order valence-corrected chi connectivity index (χ0v) is 21.9. The molecule has 9 nitrogen and oxygen atoms in total. The number of aromatic nitrogens is 4. The quantitative estimate of drug-likeness (QED) is 0.423. The first-order chi connectivity index (χ1) is 17.8. The highest BCUT2D eigenvalue weighted by Crippen LogP contribution is 2.40. The van der Waals surface area contributed by atoms with Crippen molar-refractivity contribution in [3.8, 4) is 11.9 Å². The van der Waals surface area contributed by atoms with Crippen LogP contribution in [0, 0.1) is 11.3 Å². The van der Waals surface area contributed by atoms with Crippen LogP contribution >= 0.6 is 0 Å². The highest BCUT2D eigenvalue weighted by molar-refractivity contribution is 7.92. The van der Waals surface area contributed by atoms with Crippen LogP contribution in [0.3, 0.4) is 0 Å². The van der Waals surface area contributed by atoms with Gasteiger partial charge in [-0.25, -0.2) is 14.2 Å². The van der Waals surface area contributed by atoms with Gasteiger partial charge in [0.05, 0.1) is 11.7 Å². The molecule has 0 radical (unpaired) electrons. The number of likely N-dealkylation sites (N-methyl/N-ethyl adjacent to an activating group) is 1. The molecule has 1 aliphatic carbocycles. The van der Waals surface area contributed by atoms with Gasteiger partial charge in [0.25, 0.3) is 0 Å². The van der Waals surface area contributed by atoms with E-state index in [4.69, 9.17) is 4.98 Å². The van der Waals surface area contributed by atoms with Crippen LogP contribution in [0.4, 0.5) is 17.3 Å². The Morgan fingerprint density at radius 1 is 1.22 bits per heavy atom. The summed E-state index contributed by atoms with van der Waals surface area (Å²) in [5, 5.41) is 13.2. The average Bonchev–Trinajstić information content (AvgIpc) is 3.28. The van der Waals surface area contributed by atoms with Crippen molar-refractivity contribution in [1.82, 2.24) is 24.4 Å². The smallest absolute Gasteiger partial charge is 0.229 e. The first-order valence-corrected chi connectivity index (χ1v) is 14.6. The third-order valence-corrected chi connectivity index (χ3v) is 7.61. The number of nitrogens with one attached hydrogen (secondary N) is 1. The fraction of sp³-hybridized carbons (Fsp3) is 0.333. The predicted octanol–water partition coefficient (Wildman–Crippen LogP) is 4.66. The van der Waals surface area contributed by atoms with Gasteiger partial charge in [-0.3, -0.25) is 4.57 Å². The fourth-order valence-electron chi connectivity index (χ4n) is 5.64. The Labute approximate surface area is 216 Å². The number of para-hydroxylation sites is 1. The zero-order valence-electron chi connectivity index (χ0n) is 21.1. The van der Waals surface area contributed by atoms with Crippen LogP contribution < -0.4 is 5.32 Å². The minimum Gasteiger partial charge on any atom is -0.324 e. The summed E-state index contributed by atoms with van der Waals surface area (Å²) < 4.78 is 18.4. The van der Waals surface area contributed by atoms with Gasteiger partial charge in [-0.05, 0) is 73.2 Å². The second-order valence-electron chi connectivity index (χ2n) is 10.2. The molecule has 0 spiro atoms. The molecule has 3 heterocycles. The average molecular weight is 513 g/mol. The van der Waals surface area contributed by atoms with E-state index in [2.05, 4.69) is 49.8 Å². The van der Waals surface area contributed by atoms with E-state index in [0.29, 0.717) is 34.5 Å². The van der Waals surface area contributed by atoms with Crippen LogP contribution in [0.2, 0.25) is 0 Å². The number of nitriles is 1. The molecule has 2 aliphatic rings. The van der Waals surface area contributed by atoms with Gasteiger partial charge in [0.1, 0.15) is 29.2 Å². The normalized spacial score (nSPS) is 17.3. The van der Waals surface area contributed by atoms with Crippen molar-refractivity contribution in [3.63, 3.8) is 0 Å². The van der Waals surface area contributed by atoms with Gasteiger partial charge in [0.15, 0.2) is 5.82 Å². The molecule has 1 aliphatic heterocycles. The third-order valence-electron chi connectivity index (χ3n) is 6.98. The Morgan fingerprint density at radius 3 is 2.86 bits per heavy atom. The highest BCUT2D eigenvalue weighted by atomic mass is 32.2. The number of fused-ring (bicyclic) bond motifs is 1. The van der Waals surface area contributed by atoms with E-state index < -0.39 is 9.73 Å². The van der Waals surface area contributed by atoms with Crippen LogP contribution in [0.1, 0.15) is 41.0 Å². The Hall–Kier alpha value is -3.81. The van der Waals surface area contributed by atoms with Gasteiger partial charge in [0, 0.05) is 41.0 Å². The van der Waals surface area contributed by atoms with E-state index in [1.807, 2.05) is 12.1 Å². The van der Waals surface area contributed by atoms with Crippen LogP contribution in [0.15, 0.2) is 47.2 Å². The standard InChI is InChI=1S/C27H28N8OS/c1-34-14-18-7-4-6-17-10-21(11-19(15-34)24(17)18)31-27-29-13-20(12-28)26(32-27)35-16-30-25-22(33-37(2,3)36)8-5-9-23(25)35/h5,8-11,13,16,18H,4,6-7,14-15H2,1-3H3,(H,29,31,32). The van der Waals surface area contributed by atoms with E-state index in [1.165, 1.54) is 35.7 Å². The van der Waals surface area contributed by atoms with Gasteiger partial charge in [-0.15, -0.1) is 0 Å². The van der Waals surface area contributed by atoms with Crippen LogP contribution in [-0.2, 0) is 22.7 Å². The third kappa shape index (κ3) is 4.45. The van der Waals surface area contributed by atoms with E-state index in [0.717, 1.165) is 30.7 Å². The monoisotopic (exact) mass is 512 g/mol. The maximum Gasteiger partial charge on any atom is 0.229 e. The maximum atomic E-state index is 12.3. The minimum absolute atomic E-state index is 0.326. The second kappa shape index (κ2) is 8.94. The molecule has 10 heteroatoms. The molecule has 37 heavy (non-hydrogen) atoms. The highest BCUT2D eigenvalue weighted by Gasteiger charge is 2.29. The molecule has 0 fully saturated rings. The number of aryl methyl sites for hydroxylation is 1. The van der Waals surface area contributed by atoms with Crippen LogP contribution in [0.5, 0.6) is 0 Å². The molecule has 6 rings (SSSR count). The topological polar surface area (TPSA) is 112 Å². The summed E-state index contributed by atoms with van der Waals surface area (Å²) in [5.74, 6) is 1.45. The Morgan fingerprint density at radius 2 is 2.05 bits per heavy atom. The van der Waals surface area contributed by atoms with E-state index in [1.54, 1.807) is 29.5 Å². The van der Waals surface area contributed by atoms with Crippen LogP contribution in [-0.4, -0.2) is 54.7 Å². The van der Waals surface area contributed by atoms with Gasteiger partial charge < -0.3 is 10.2 Å². The van der Waals surface area contributed by atoms with Crippen molar-refractivity contribution in [2.24, 2.45) is 4.36 Å². The largest absolute Gasteiger partial charge is 0.324 e. The SMILES string of the molecule is CN1Cc2cc(Nc3ncc(C#N)c(-n4cnc5c(N=S(C)(C)=O)cccc54)n3)cc3c2C(CCC3)C1. The lowest BCUT2D eigenvalue weighted by Crippen LogP contribution is -2.33. The van der Waals surface area contributed by atoms with E-state index in [9.17, 15) is 9.47 Å². The summed E-state index contributed by atoms with van der Waals surface area (Å²) in [6, 6.07) is 12.1. The van der Waals surface area contributed by atoms with E-state index in [-0.39, 0.29) is 0 Å². The zero-order chi connectivity index (χ0) is 25.7. The first-order valence-electron chi connectivity index (χ1n) is 12.3. The van der Waals surface area contributed by atoms with Crippen molar-refractivity contribution >= 4 is 38.1 Å². The molecular weight excluding hydrogens is 484 g/mol. The van der Waals surface area contributed by atoms with E-state index >= 15 is 0 Å². The summed E-state index contributed by atoms with van der Waals surface area (Å²) in [5.41, 5.74) is 7.46. The first kappa shape index (κ1) is 23.6. The summed E-state index contributed by atoms with van der Waals surface area (Å²) in [6.07, 6.45) is 9.87. The molecule has 2 aromatic carbocycles. The molecular formula is C27H28N8OS. The number of nitrogens with zero attached hydrogens (tertiary/aromatic N) is 7. The summed E-state index contributed by atoms with van der Waals surface area (Å²) >= 11 is 0. The number of imidazole rings is 1. The Kier molecular flexibility index (Phi) is 5.70. The number of hydrogen-bond acceptors (Lipinski definition) is 8. The lowest BCUT2D eigenvalue weighted by Gasteiger charge is -2.37. The molecule has 4 aromatic rings. The second-order valence-corrected chi connectivity index (χ2v) is 12.7. The molecule has 2 aromatic heterocycles. The number of benzene rings is 2. The van der Waals surface area contributed by atoms with Gasteiger partial charge >= 0.3 is 0 Å². The van der Waals surface area contributed by atoms with Gasteiger partial charge in [-0.1, -0.05) is 6.07 Å². The van der Waals surface area contributed by atoms with Gasteiger partial charge in [-0.2, -0.15) is 14.6 Å². The Balaban J connectivity index is 1.41. The van der Waals surface area contributed by atoms with Crippen molar-refractivity contribution in [3.05, 3.63) is 65.1 Å². The summed E-state index contributed by atoms with van der Waals surface area (Å²) in [7, 11) is -0.177. The lowest BCUT2D eigenvalue weighted by atomic mass is 9.77. The van der Waals surface area contributed by atoms with Crippen LogP contribution in [0.25, 0.3) is 16.9 Å². The van der Waals surface area contributed by atoms with Crippen molar-refractivity contribution in [1.29, 1.82) is 5.26 Å². The van der Waals surface area contributed by atoms with Crippen molar-refractivity contribution in [2.75, 3.05) is 31.4 Å². The molecule has 0 bridgehead atoms. The molecule has 0 saturated carbocycles. The van der Waals surface area contributed by atoms with Gasteiger partial charge in [0.2, 0.25) is 5.95 Å². The molecule has 1 atom stereocenters. The number of rotatable bonds is 4. The fourth-order valence-corrected chi connectivity index (χ4v) is 6.26. The number of anilines is 2. The molecule has 0 amide bonds.